The SMILES string of the molecule is CCCOC(Cc1ccccc1)Oc1ccc2c(c1)C=C(C(=O)O)CCS2(=O)=O. The summed E-state index contributed by atoms with van der Waals surface area (Å²) >= 11 is 0. The van der Waals surface area contributed by atoms with Gasteiger partial charge in [-0.15, -0.1) is 0 Å². The first kappa shape index (κ1) is 21.1. The summed E-state index contributed by atoms with van der Waals surface area (Å²) in [4.78, 5) is 11.5. The molecule has 154 valence electrons. The van der Waals surface area contributed by atoms with Crippen LogP contribution in [0.15, 0.2) is 59.0 Å². The number of carbonyl (C=O) groups is 1. The van der Waals surface area contributed by atoms with Gasteiger partial charge in [0, 0.05) is 12.0 Å². The largest absolute Gasteiger partial charge is 0.478 e. The molecule has 2 aromatic rings. The molecule has 0 spiro atoms. The smallest absolute Gasteiger partial charge is 0.331 e. The van der Waals surface area contributed by atoms with Gasteiger partial charge in [0.15, 0.2) is 9.84 Å². The molecular formula is C22H24O6S. The number of hydrogen-bond acceptors (Lipinski definition) is 5. The van der Waals surface area contributed by atoms with Crippen LogP contribution in [-0.4, -0.2) is 38.1 Å². The maximum absolute atomic E-state index is 12.5. The van der Waals surface area contributed by atoms with Crippen LogP contribution in [0.1, 0.15) is 30.9 Å². The summed E-state index contributed by atoms with van der Waals surface area (Å²) in [5.41, 5.74) is 1.44. The zero-order chi connectivity index (χ0) is 20.9. The zero-order valence-corrected chi connectivity index (χ0v) is 17.0. The van der Waals surface area contributed by atoms with E-state index in [4.69, 9.17) is 9.47 Å². The van der Waals surface area contributed by atoms with Crippen molar-refractivity contribution in [3.8, 4) is 5.75 Å². The van der Waals surface area contributed by atoms with Gasteiger partial charge in [-0.3, -0.25) is 0 Å². The molecule has 7 heteroatoms. The number of carboxylic acids is 1. The molecule has 0 fully saturated rings. The van der Waals surface area contributed by atoms with Crippen molar-refractivity contribution in [1.82, 2.24) is 0 Å². The fourth-order valence-corrected chi connectivity index (χ4v) is 4.58. The minimum absolute atomic E-state index is 0.0290. The molecule has 1 heterocycles. The zero-order valence-electron chi connectivity index (χ0n) is 16.2. The highest BCUT2D eigenvalue weighted by Gasteiger charge is 2.25. The lowest BCUT2D eigenvalue weighted by molar-refractivity contribution is -0.132. The third-order valence-corrected chi connectivity index (χ3v) is 6.36. The summed E-state index contributed by atoms with van der Waals surface area (Å²) in [6.07, 6.45) is 2.21. The summed E-state index contributed by atoms with van der Waals surface area (Å²) < 4.78 is 36.8. The van der Waals surface area contributed by atoms with Crippen LogP contribution in [0.4, 0.5) is 0 Å². The second kappa shape index (κ2) is 9.24. The van der Waals surface area contributed by atoms with Gasteiger partial charge in [-0.2, -0.15) is 0 Å². The first-order chi connectivity index (χ1) is 13.9. The number of ether oxygens (including phenoxy) is 2. The van der Waals surface area contributed by atoms with E-state index < -0.39 is 22.1 Å². The average Bonchev–Trinajstić information content (AvgIpc) is 2.82. The Balaban J connectivity index is 1.89. The number of sulfone groups is 1. The van der Waals surface area contributed by atoms with Crippen LogP contribution in [0.25, 0.3) is 6.08 Å². The van der Waals surface area contributed by atoms with Crippen LogP contribution < -0.4 is 4.74 Å². The van der Waals surface area contributed by atoms with Gasteiger partial charge >= 0.3 is 5.97 Å². The van der Waals surface area contributed by atoms with Gasteiger partial charge in [0.05, 0.1) is 17.3 Å². The molecule has 0 aliphatic carbocycles. The highest BCUT2D eigenvalue weighted by atomic mass is 32.2. The Labute approximate surface area is 170 Å². The third kappa shape index (κ3) is 5.46. The highest BCUT2D eigenvalue weighted by Crippen LogP contribution is 2.30. The maximum Gasteiger partial charge on any atom is 0.331 e. The first-order valence-electron chi connectivity index (χ1n) is 9.52. The molecule has 29 heavy (non-hydrogen) atoms. The van der Waals surface area contributed by atoms with E-state index in [0.717, 1.165) is 12.0 Å². The molecule has 0 radical (unpaired) electrons. The molecule has 3 rings (SSSR count). The van der Waals surface area contributed by atoms with Crippen molar-refractivity contribution in [2.75, 3.05) is 12.4 Å². The van der Waals surface area contributed by atoms with E-state index in [1.54, 1.807) is 12.1 Å². The molecule has 0 saturated heterocycles. The van der Waals surface area contributed by atoms with Gasteiger partial charge in [-0.05, 0) is 48.2 Å². The highest BCUT2D eigenvalue weighted by molar-refractivity contribution is 7.91. The van der Waals surface area contributed by atoms with Crippen LogP contribution in [0.2, 0.25) is 0 Å². The summed E-state index contributed by atoms with van der Waals surface area (Å²) in [6, 6.07) is 14.4. The monoisotopic (exact) mass is 416 g/mol. The van der Waals surface area contributed by atoms with Crippen molar-refractivity contribution in [2.24, 2.45) is 0 Å². The van der Waals surface area contributed by atoms with Crippen LogP contribution in [-0.2, 0) is 25.8 Å². The van der Waals surface area contributed by atoms with Gasteiger partial charge < -0.3 is 14.6 Å². The van der Waals surface area contributed by atoms with Crippen LogP contribution >= 0.6 is 0 Å². The second-order valence-corrected chi connectivity index (χ2v) is 8.93. The number of rotatable bonds is 8. The van der Waals surface area contributed by atoms with E-state index >= 15 is 0 Å². The van der Waals surface area contributed by atoms with E-state index in [0.29, 0.717) is 24.3 Å². The molecule has 2 aromatic carbocycles. The Morgan fingerprint density at radius 3 is 2.62 bits per heavy atom. The second-order valence-electron chi connectivity index (χ2n) is 6.85. The van der Waals surface area contributed by atoms with Gasteiger partial charge in [-0.25, -0.2) is 13.2 Å². The molecule has 1 atom stereocenters. The van der Waals surface area contributed by atoms with Crippen molar-refractivity contribution < 1.29 is 27.8 Å². The summed E-state index contributed by atoms with van der Waals surface area (Å²) in [6.45, 7) is 2.53. The number of hydrogen-bond donors (Lipinski definition) is 1. The van der Waals surface area contributed by atoms with E-state index in [1.807, 2.05) is 37.3 Å². The molecule has 1 aliphatic rings. The molecule has 1 N–H and O–H groups in total. The summed E-state index contributed by atoms with van der Waals surface area (Å²) in [5, 5.41) is 9.32. The Kier molecular flexibility index (Phi) is 6.71. The fourth-order valence-electron chi connectivity index (χ4n) is 3.12. The predicted molar refractivity (Wildman–Crippen MR) is 110 cm³/mol. The van der Waals surface area contributed by atoms with Crippen molar-refractivity contribution >= 4 is 21.9 Å². The quantitative estimate of drug-likeness (QED) is 0.660. The van der Waals surface area contributed by atoms with E-state index in [1.165, 1.54) is 12.1 Å². The Hall–Kier alpha value is -2.64. The molecule has 1 aliphatic heterocycles. The third-order valence-electron chi connectivity index (χ3n) is 4.58. The number of carboxylic acid groups (broad SMARTS) is 1. The lowest BCUT2D eigenvalue weighted by atomic mass is 10.1. The first-order valence-corrected chi connectivity index (χ1v) is 11.2. The van der Waals surface area contributed by atoms with Gasteiger partial charge in [0.1, 0.15) is 5.75 Å². The van der Waals surface area contributed by atoms with Crippen LogP contribution in [0.3, 0.4) is 0 Å². The molecule has 0 bridgehead atoms. The van der Waals surface area contributed by atoms with Gasteiger partial charge in [0.25, 0.3) is 0 Å². The van der Waals surface area contributed by atoms with Crippen molar-refractivity contribution in [2.45, 2.75) is 37.4 Å². The maximum atomic E-state index is 12.5. The van der Waals surface area contributed by atoms with Crippen LogP contribution in [0, 0.1) is 0 Å². The molecule has 0 amide bonds. The Morgan fingerprint density at radius 1 is 1.17 bits per heavy atom. The average molecular weight is 416 g/mol. The normalized spacial score (nSPS) is 16.2. The molecule has 1 unspecified atom stereocenters. The standard InChI is InChI=1S/C22H24O6S/c1-2-11-27-21(13-16-6-4-3-5-7-16)28-19-8-9-20-18(15-19)14-17(22(23)24)10-12-29(20,25)26/h3-9,14-15,21H,2,10-13H2,1H3,(H,23,24). The number of fused-ring (bicyclic) bond motifs is 1. The van der Waals surface area contributed by atoms with Crippen LogP contribution in [0.5, 0.6) is 5.75 Å². The molecular weight excluding hydrogens is 392 g/mol. The van der Waals surface area contributed by atoms with Crippen molar-refractivity contribution in [1.29, 1.82) is 0 Å². The lowest BCUT2D eigenvalue weighted by Crippen LogP contribution is -2.24. The van der Waals surface area contributed by atoms with Crippen molar-refractivity contribution in [3.05, 3.63) is 65.2 Å². The number of aliphatic carboxylic acids is 1. The molecule has 6 nitrogen and oxygen atoms in total. The number of benzene rings is 2. The van der Waals surface area contributed by atoms with Gasteiger partial charge in [0.2, 0.25) is 6.29 Å². The predicted octanol–water partition coefficient (Wildman–Crippen LogP) is 3.71. The lowest BCUT2D eigenvalue weighted by Gasteiger charge is -2.20. The topological polar surface area (TPSA) is 89.9 Å². The summed E-state index contributed by atoms with van der Waals surface area (Å²) in [5.74, 6) is -0.916. The fraction of sp³-hybridized carbons (Fsp3) is 0.318. The van der Waals surface area contributed by atoms with Gasteiger partial charge in [-0.1, -0.05) is 37.3 Å². The summed E-state index contributed by atoms with van der Waals surface area (Å²) in [7, 11) is -3.56. The minimum atomic E-state index is -3.56. The molecule has 0 saturated carbocycles. The Morgan fingerprint density at radius 2 is 1.93 bits per heavy atom. The van der Waals surface area contributed by atoms with E-state index in [-0.39, 0.29) is 22.6 Å². The van der Waals surface area contributed by atoms with E-state index in [2.05, 4.69) is 0 Å². The molecule has 0 aromatic heterocycles. The Bertz CT molecular complexity index is 995. The van der Waals surface area contributed by atoms with E-state index in [9.17, 15) is 18.3 Å². The minimum Gasteiger partial charge on any atom is -0.478 e. The van der Waals surface area contributed by atoms with Crippen molar-refractivity contribution in [3.63, 3.8) is 0 Å².